The summed E-state index contributed by atoms with van der Waals surface area (Å²) in [4.78, 5) is 4.44. The summed E-state index contributed by atoms with van der Waals surface area (Å²) < 4.78 is 2.00. The summed E-state index contributed by atoms with van der Waals surface area (Å²) >= 11 is 1.68. The highest BCUT2D eigenvalue weighted by Gasteiger charge is 2.07. The first kappa shape index (κ1) is 11.3. The molecular formula is C11H16N4S. The third-order valence-corrected chi connectivity index (χ3v) is 3.37. The van der Waals surface area contributed by atoms with Crippen molar-refractivity contribution < 1.29 is 0 Å². The van der Waals surface area contributed by atoms with Gasteiger partial charge in [-0.3, -0.25) is 4.68 Å². The van der Waals surface area contributed by atoms with Crippen LogP contribution in [0.5, 0.6) is 0 Å². The Kier molecular flexibility index (Phi) is 3.36. The highest BCUT2D eigenvalue weighted by atomic mass is 32.1. The average Bonchev–Trinajstić information content (AvgIpc) is 2.80. The lowest BCUT2D eigenvalue weighted by molar-refractivity contribution is 0.651. The van der Waals surface area contributed by atoms with Crippen LogP contribution >= 0.6 is 11.3 Å². The molecule has 0 amide bonds. The molecule has 4 nitrogen and oxygen atoms in total. The number of hydrogen-bond donors (Lipinski definition) is 1. The number of hydrogen-bond acceptors (Lipinski definition) is 4. The summed E-state index contributed by atoms with van der Waals surface area (Å²) in [6.45, 7) is 5.75. The Labute approximate surface area is 99.3 Å². The lowest BCUT2D eigenvalue weighted by atomic mass is 10.2. The molecule has 5 heteroatoms. The summed E-state index contributed by atoms with van der Waals surface area (Å²) in [7, 11) is 1.95. The molecule has 0 aliphatic carbocycles. The van der Waals surface area contributed by atoms with Crippen molar-refractivity contribution in [3.05, 3.63) is 33.5 Å². The molecule has 0 aliphatic heterocycles. The minimum absolute atomic E-state index is 0.764. The highest BCUT2D eigenvalue weighted by Crippen LogP contribution is 2.12. The Morgan fingerprint density at radius 3 is 2.88 bits per heavy atom. The summed E-state index contributed by atoms with van der Waals surface area (Å²) in [5.41, 5.74) is 3.54. The van der Waals surface area contributed by atoms with Crippen molar-refractivity contribution in [1.82, 2.24) is 20.1 Å². The van der Waals surface area contributed by atoms with E-state index in [-0.39, 0.29) is 0 Å². The molecule has 0 aliphatic rings. The van der Waals surface area contributed by atoms with Crippen LogP contribution in [0.15, 0.2) is 11.6 Å². The normalized spacial score (nSPS) is 10.9. The van der Waals surface area contributed by atoms with Crippen LogP contribution in [0.25, 0.3) is 0 Å². The first-order valence-electron chi connectivity index (χ1n) is 5.27. The number of thiazole rings is 1. The Bertz CT molecular complexity index is 472. The highest BCUT2D eigenvalue weighted by molar-refractivity contribution is 7.09. The maximum atomic E-state index is 4.44. The van der Waals surface area contributed by atoms with E-state index in [2.05, 4.69) is 27.7 Å². The topological polar surface area (TPSA) is 42.7 Å². The minimum atomic E-state index is 0.764. The van der Waals surface area contributed by atoms with Crippen LogP contribution in [0, 0.1) is 13.8 Å². The zero-order valence-electron chi connectivity index (χ0n) is 9.82. The lowest BCUT2D eigenvalue weighted by Gasteiger charge is -2.03. The van der Waals surface area contributed by atoms with Crippen molar-refractivity contribution in [2.75, 3.05) is 7.05 Å². The van der Waals surface area contributed by atoms with E-state index in [9.17, 15) is 0 Å². The standard InChI is InChI=1S/C11H16N4S/c1-8-10(4-12-3)5-13-15(8)6-11-7-16-9(2)14-11/h5,7,12H,4,6H2,1-3H3. The molecule has 16 heavy (non-hydrogen) atoms. The molecule has 1 N–H and O–H groups in total. The van der Waals surface area contributed by atoms with E-state index < -0.39 is 0 Å². The van der Waals surface area contributed by atoms with E-state index in [0.717, 1.165) is 23.8 Å². The fraction of sp³-hybridized carbons (Fsp3) is 0.455. The van der Waals surface area contributed by atoms with Crippen molar-refractivity contribution in [3.63, 3.8) is 0 Å². The van der Waals surface area contributed by atoms with Crippen LogP contribution in [0.4, 0.5) is 0 Å². The Balaban J connectivity index is 2.15. The van der Waals surface area contributed by atoms with Gasteiger partial charge < -0.3 is 5.32 Å². The molecule has 2 heterocycles. The number of aromatic nitrogens is 3. The van der Waals surface area contributed by atoms with Gasteiger partial charge in [-0.25, -0.2) is 4.98 Å². The van der Waals surface area contributed by atoms with Gasteiger partial charge >= 0.3 is 0 Å². The van der Waals surface area contributed by atoms with Gasteiger partial charge in [0.1, 0.15) is 0 Å². The third-order valence-electron chi connectivity index (χ3n) is 2.55. The van der Waals surface area contributed by atoms with Crippen molar-refractivity contribution >= 4 is 11.3 Å². The molecule has 2 aromatic rings. The monoisotopic (exact) mass is 236 g/mol. The number of aryl methyl sites for hydroxylation is 1. The van der Waals surface area contributed by atoms with Crippen molar-refractivity contribution in [3.8, 4) is 0 Å². The van der Waals surface area contributed by atoms with E-state index in [1.165, 1.54) is 11.3 Å². The van der Waals surface area contributed by atoms with Crippen LogP contribution in [0.2, 0.25) is 0 Å². The van der Waals surface area contributed by atoms with Crippen molar-refractivity contribution in [2.24, 2.45) is 0 Å². The second kappa shape index (κ2) is 4.76. The molecule has 2 aromatic heterocycles. The Morgan fingerprint density at radius 1 is 1.44 bits per heavy atom. The molecule has 0 radical (unpaired) electrons. The van der Waals surface area contributed by atoms with Gasteiger partial charge in [0.2, 0.25) is 0 Å². The number of nitrogens with one attached hydrogen (secondary N) is 1. The first-order chi connectivity index (χ1) is 7.70. The zero-order chi connectivity index (χ0) is 11.5. The van der Waals surface area contributed by atoms with E-state index in [1.54, 1.807) is 11.3 Å². The Morgan fingerprint density at radius 2 is 2.25 bits per heavy atom. The van der Waals surface area contributed by atoms with Gasteiger partial charge in [-0.15, -0.1) is 11.3 Å². The minimum Gasteiger partial charge on any atom is -0.316 e. The third kappa shape index (κ3) is 2.31. The van der Waals surface area contributed by atoms with E-state index in [4.69, 9.17) is 0 Å². The zero-order valence-corrected chi connectivity index (χ0v) is 10.6. The van der Waals surface area contributed by atoms with Gasteiger partial charge in [0.25, 0.3) is 0 Å². The second-order valence-electron chi connectivity index (χ2n) is 3.80. The molecule has 0 bridgehead atoms. The molecular weight excluding hydrogens is 220 g/mol. The molecule has 86 valence electrons. The fourth-order valence-electron chi connectivity index (χ4n) is 1.64. The maximum absolute atomic E-state index is 4.44. The van der Waals surface area contributed by atoms with Crippen LogP contribution < -0.4 is 5.32 Å². The van der Waals surface area contributed by atoms with Gasteiger partial charge in [0.15, 0.2) is 0 Å². The molecule has 0 spiro atoms. The van der Waals surface area contributed by atoms with E-state index >= 15 is 0 Å². The summed E-state index contributed by atoms with van der Waals surface area (Å²) in [6, 6.07) is 0. The smallest absolute Gasteiger partial charge is 0.0898 e. The van der Waals surface area contributed by atoms with Crippen LogP contribution in [-0.4, -0.2) is 21.8 Å². The second-order valence-corrected chi connectivity index (χ2v) is 4.86. The van der Waals surface area contributed by atoms with Gasteiger partial charge in [0, 0.05) is 23.2 Å². The largest absolute Gasteiger partial charge is 0.316 e. The molecule has 0 fully saturated rings. The van der Waals surface area contributed by atoms with Gasteiger partial charge in [0.05, 0.1) is 23.4 Å². The summed E-state index contributed by atoms with van der Waals surface area (Å²) in [6.07, 6.45) is 1.92. The average molecular weight is 236 g/mol. The number of nitrogens with zero attached hydrogens (tertiary/aromatic N) is 3. The molecule has 0 saturated carbocycles. The summed E-state index contributed by atoms with van der Waals surface area (Å²) in [5.74, 6) is 0. The molecule has 0 unspecified atom stereocenters. The predicted molar refractivity (Wildman–Crippen MR) is 65.7 cm³/mol. The quantitative estimate of drug-likeness (QED) is 0.879. The summed E-state index contributed by atoms with van der Waals surface area (Å²) in [5, 5.41) is 10.7. The lowest BCUT2D eigenvalue weighted by Crippen LogP contribution is -2.08. The maximum Gasteiger partial charge on any atom is 0.0898 e. The fourth-order valence-corrected chi connectivity index (χ4v) is 2.25. The number of rotatable bonds is 4. The van der Waals surface area contributed by atoms with Gasteiger partial charge in [-0.2, -0.15) is 5.10 Å². The van der Waals surface area contributed by atoms with Crippen molar-refractivity contribution in [1.29, 1.82) is 0 Å². The Hall–Kier alpha value is -1.20. The van der Waals surface area contributed by atoms with Gasteiger partial charge in [-0.05, 0) is 20.9 Å². The molecule has 0 saturated heterocycles. The predicted octanol–water partition coefficient (Wildman–Crippen LogP) is 1.72. The van der Waals surface area contributed by atoms with Crippen molar-refractivity contribution in [2.45, 2.75) is 26.9 Å². The van der Waals surface area contributed by atoms with Crippen LogP contribution in [0.1, 0.15) is 22.0 Å². The molecule has 0 atom stereocenters. The molecule has 0 aromatic carbocycles. The van der Waals surface area contributed by atoms with E-state index in [1.807, 2.05) is 24.9 Å². The van der Waals surface area contributed by atoms with Gasteiger partial charge in [-0.1, -0.05) is 0 Å². The SMILES string of the molecule is CNCc1cnn(Cc2csc(C)n2)c1C. The molecule has 2 rings (SSSR count). The van der Waals surface area contributed by atoms with Crippen LogP contribution in [-0.2, 0) is 13.1 Å². The first-order valence-corrected chi connectivity index (χ1v) is 6.15. The van der Waals surface area contributed by atoms with E-state index in [0.29, 0.717) is 0 Å². The van der Waals surface area contributed by atoms with Crippen LogP contribution in [0.3, 0.4) is 0 Å².